The van der Waals surface area contributed by atoms with E-state index in [1.807, 2.05) is 0 Å². The fraction of sp³-hybridized carbons (Fsp3) is 0.333. The monoisotopic (exact) mass is 238 g/mol. The van der Waals surface area contributed by atoms with Gasteiger partial charge in [0.2, 0.25) is 0 Å². The van der Waals surface area contributed by atoms with E-state index in [9.17, 15) is 14.7 Å². The van der Waals surface area contributed by atoms with Gasteiger partial charge in [0.25, 0.3) is 0 Å². The fourth-order valence-electron chi connectivity index (χ4n) is 1.38. The Hall–Kier alpha value is -1.88. The van der Waals surface area contributed by atoms with Crippen LogP contribution in [0.25, 0.3) is 0 Å². The molecule has 5 nitrogen and oxygen atoms in total. The van der Waals surface area contributed by atoms with Gasteiger partial charge in [0.05, 0.1) is 13.0 Å². The van der Waals surface area contributed by atoms with Gasteiger partial charge in [0.1, 0.15) is 6.61 Å². The van der Waals surface area contributed by atoms with Gasteiger partial charge in [-0.1, -0.05) is 0 Å². The molecule has 1 atom stereocenters. The second-order valence-corrected chi connectivity index (χ2v) is 3.60. The summed E-state index contributed by atoms with van der Waals surface area (Å²) < 4.78 is 4.84. The molecule has 1 unspecified atom stereocenters. The van der Waals surface area contributed by atoms with Crippen molar-refractivity contribution < 1.29 is 24.5 Å². The Labute approximate surface area is 98.6 Å². The zero-order chi connectivity index (χ0) is 13.0. The van der Waals surface area contributed by atoms with E-state index in [1.54, 1.807) is 0 Å². The number of methoxy groups -OCH3 is 1. The lowest BCUT2D eigenvalue weighted by Crippen LogP contribution is -2.23. The van der Waals surface area contributed by atoms with Crippen LogP contribution >= 0.6 is 0 Å². The molecule has 0 aliphatic carbocycles. The predicted octanol–water partition coefficient (Wildman–Crippen LogP) is 0.781. The molecule has 0 amide bonds. The number of Topliss-reactive ketones (excluding diaryl/α,β-unsaturated/α-hetero) is 2. The molecule has 2 N–H and O–H groups in total. The van der Waals surface area contributed by atoms with Crippen LogP contribution in [0.3, 0.4) is 0 Å². The smallest absolute Gasteiger partial charge is 0.173 e. The van der Waals surface area contributed by atoms with E-state index in [2.05, 4.69) is 0 Å². The van der Waals surface area contributed by atoms with Crippen LogP contribution in [-0.2, 0) is 4.79 Å². The first-order valence-corrected chi connectivity index (χ1v) is 5.06. The lowest BCUT2D eigenvalue weighted by atomic mass is 9.95. The molecule has 0 saturated carbocycles. The van der Waals surface area contributed by atoms with Crippen LogP contribution in [0.1, 0.15) is 17.3 Å². The summed E-state index contributed by atoms with van der Waals surface area (Å²) in [5, 5.41) is 18.2. The standard InChI is InChI=1S/C12H14O5/c1-7(10(15)6-13)12(16)8-3-4-11(17-2)9(14)5-8/h3-5,7,13-14H,6H2,1-2H3. The van der Waals surface area contributed by atoms with Crippen molar-refractivity contribution in [3.8, 4) is 11.5 Å². The SMILES string of the molecule is COc1ccc(C(=O)C(C)C(=O)CO)cc1O. The molecule has 1 aromatic carbocycles. The van der Waals surface area contributed by atoms with E-state index in [1.165, 1.54) is 32.2 Å². The summed E-state index contributed by atoms with van der Waals surface area (Å²) in [5.41, 5.74) is 0.206. The van der Waals surface area contributed by atoms with E-state index in [0.717, 1.165) is 0 Å². The van der Waals surface area contributed by atoms with Crippen LogP contribution in [0, 0.1) is 5.92 Å². The second kappa shape index (κ2) is 5.45. The van der Waals surface area contributed by atoms with Gasteiger partial charge in [-0.2, -0.15) is 0 Å². The Bertz CT molecular complexity index is 439. The summed E-state index contributed by atoms with van der Waals surface area (Å²) >= 11 is 0. The normalized spacial score (nSPS) is 11.9. The molecule has 0 radical (unpaired) electrons. The largest absolute Gasteiger partial charge is 0.504 e. The Balaban J connectivity index is 2.97. The molecule has 0 spiro atoms. The molecule has 1 aromatic rings. The first kappa shape index (κ1) is 13.2. The van der Waals surface area contributed by atoms with Crippen molar-refractivity contribution in [3.05, 3.63) is 23.8 Å². The topological polar surface area (TPSA) is 83.8 Å². The van der Waals surface area contributed by atoms with Gasteiger partial charge in [0, 0.05) is 5.56 Å². The minimum atomic E-state index is -0.923. The number of rotatable bonds is 5. The summed E-state index contributed by atoms with van der Waals surface area (Å²) in [6.45, 7) is 0.747. The third kappa shape index (κ3) is 2.82. The maximum Gasteiger partial charge on any atom is 0.173 e. The minimum Gasteiger partial charge on any atom is -0.504 e. The molecule has 0 aliphatic rings. The van der Waals surface area contributed by atoms with Gasteiger partial charge in [-0.25, -0.2) is 0 Å². The second-order valence-electron chi connectivity index (χ2n) is 3.60. The number of ketones is 2. The van der Waals surface area contributed by atoms with Crippen molar-refractivity contribution in [3.63, 3.8) is 0 Å². The molecule has 17 heavy (non-hydrogen) atoms. The van der Waals surface area contributed by atoms with Crippen molar-refractivity contribution >= 4 is 11.6 Å². The molecular weight excluding hydrogens is 224 g/mol. The summed E-state index contributed by atoms with van der Waals surface area (Å²) in [5.74, 6) is -1.83. The maximum atomic E-state index is 11.8. The number of carbonyl (C=O) groups excluding carboxylic acids is 2. The molecule has 0 fully saturated rings. The number of aliphatic hydroxyl groups excluding tert-OH is 1. The van der Waals surface area contributed by atoms with Gasteiger partial charge < -0.3 is 14.9 Å². The minimum absolute atomic E-state index is 0.165. The zero-order valence-electron chi connectivity index (χ0n) is 9.64. The molecule has 1 rings (SSSR count). The molecule has 0 saturated heterocycles. The Morgan fingerprint density at radius 2 is 2.06 bits per heavy atom. The van der Waals surface area contributed by atoms with Crippen LogP contribution < -0.4 is 4.74 Å². The van der Waals surface area contributed by atoms with E-state index in [4.69, 9.17) is 9.84 Å². The number of aromatic hydroxyl groups is 1. The molecule has 0 heterocycles. The number of carbonyl (C=O) groups is 2. The predicted molar refractivity (Wildman–Crippen MR) is 60.2 cm³/mol. The summed E-state index contributed by atoms with van der Waals surface area (Å²) in [6, 6.07) is 4.14. The van der Waals surface area contributed by atoms with Crippen molar-refractivity contribution in [1.29, 1.82) is 0 Å². The van der Waals surface area contributed by atoms with Crippen LogP contribution in [-0.4, -0.2) is 35.5 Å². The van der Waals surface area contributed by atoms with Gasteiger partial charge >= 0.3 is 0 Å². The number of ether oxygens (including phenoxy) is 1. The van der Waals surface area contributed by atoms with Crippen LogP contribution in [0.5, 0.6) is 11.5 Å². The Morgan fingerprint density at radius 3 is 2.53 bits per heavy atom. The Morgan fingerprint density at radius 1 is 1.41 bits per heavy atom. The number of aliphatic hydroxyl groups is 1. The van der Waals surface area contributed by atoms with Gasteiger partial charge in [-0.05, 0) is 25.1 Å². The lowest BCUT2D eigenvalue weighted by Gasteiger charge is -2.09. The highest BCUT2D eigenvalue weighted by Gasteiger charge is 2.22. The first-order valence-electron chi connectivity index (χ1n) is 5.06. The fourth-order valence-corrected chi connectivity index (χ4v) is 1.38. The summed E-state index contributed by atoms with van der Waals surface area (Å²) in [7, 11) is 1.40. The van der Waals surface area contributed by atoms with Gasteiger partial charge in [0.15, 0.2) is 23.1 Å². The van der Waals surface area contributed by atoms with Crippen LogP contribution in [0.15, 0.2) is 18.2 Å². The highest BCUT2D eigenvalue weighted by Crippen LogP contribution is 2.27. The van der Waals surface area contributed by atoms with Crippen molar-refractivity contribution in [2.75, 3.05) is 13.7 Å². The molecule has 92 valence electrons. The van der Waals surface area contributed by atoms with E-state index < -0.39 is 24.1 Å². The molecule has 0 aromatic heterocycles. The van der Waals surface area contributed by atoms with E-state index >= 15 is 0 Å². The first-order chi connectivity index (χ1) is 8.01. The molecule has 5 heteroatoms. The van der Waals surface area contributed by atoms with E-state index in [-0.39, 0.29) is 17.1 Å². The van der Waals surface area contributed by atoms with Crippen molar-refractivity contribution in [2.24, 2.45) is 5.92 Å². The van der Waals surface area contributed by atoms with Crippen LogP contribution in [0.4, 0.5) is 0 Å². The molecule has 0 aliphatic heterocycles. The zero-order valence-corrected chi connectivity index (χ0v) is 9.64. The lowest BCUT2D eigenvalue weighted by molar-refractivity contribution is -0.123. The molecular formula is C12H14O5. The summed E-state index contributed by atoms with van der Waals surface area (Å²) in [4.78, 5) is 23.0. The highest BCUT2D eigenvalue weighted by molar-refractivity contribution is 6.10. The van der Waals surface area contributed by atoms with Crippen LogP contribution in [0.2, 0.25) is 0 Å². The average molecular weight is 238 g/mol. The Kier molecular flexibility index (Phi) is 4.23. The maximum absolute atomic E-state index is 11.8. The number of phenolic OH excluding ortho intramolecular Hbond substituents is 1. The third-order valence-corrected chi connectivity index (χ3v) is 2.50. The average Bonchev–Trinajstić information content (AvgIpc) is 2.35. The number of benzene rings is 1. The highest BCUT2D eigenvalue weighted by atomic mass is 16.5. The summed E-state index contributed by atoms with van der Waals surface area (Å²) in [6.07, 6.45) is 0. The van der Waals surface area contributed by atoms with E-state index in [0.29, 0.717) is 0 Å². The number of phenols is 1. The third-order valence-electron chi connectivity index (χ3n) is 2.50. The van der Waals surface area contributed by atoms with Gasteiger partial charge in [-0.15, -0.1) is 0 Å². The quantitative estimate of drug-likeness (QED) is 0.585. The van der Waals surface area contributed by atoms with Crippen molar-refractivity contribution in [2.45, 2.75) is 6.92 Å². The van der Waals surface area contributed by atoms with Crippen molar-refractivity contribution in [1.82, 2.24) is 0 Å². The van der Waals surface area contributed by atoms with Gasteiger partial charge in [-0.3, -0.25) is 9.59 Å². The number of hydrogen-bond acceptors (Lipinski definition) is 5. The molecule has 0 bridgehead atoms. The number of hydrogen-bond donors (Lipinski definition) is 2.